The summed E-state index contributed by atoms with van der Waals surface area (Å²) in [7, 11) is 0. The van der Waals surface area contributed by atoms with Crippen LogP contribution in [0.5, 0.6) is 0 Å². The highest BCUT2D eigenvalue weighted by atomic mass is 32.2. The number of aromatic nitrogens is 2. The highest BCUT2D eigenvalue weighted by Crippen LogP contribution is 2.16. The van der Waals surface area contributed by atoms with Crippen LogP contribution in [0.25, 0.3) is 0 Å². The molecule has 1 aromatic rings. The minimum atomic E-state index is 0.631. The average Bonchev–Trinajstić information content (AvgIpc) is 2.45. The Labute approximate surface area is 81.7 Å². The molecule has 12 heavy (non-hydrogen) atoms. The first-order valence-corrected chi connectivity index (χ1v) is 5.48. The molecule has 0 N–H and O–H groups in total. The van der Waals surface area contributed by atoms with Gasteiger partial charge in [0, 0.05) is 12.7 Å². The molecule has 1 aromatic heterocycles. The molecule has 0 radical (unpaired) electrons. The lowest BCUT2D eigenvalue weighted by molar-refractivity contribution is 0.429. The second kappa shape index (κ2) is 5.48. The van der Waals surface area contributed by atoms with Crippen LogP contribution < -0.4 is 0 Å². The number of nitrogens with zero attached hydrogens (tertiary/aromatic N) is 2. The molecule has 0 spiro atoms. The number of hydrogen-bond donors (Lipinski definition) is 1. The number of rotatable bonds is 5. The van der Waals surface area contributed by atoms with Gasteiger partial charge in [0.25, 0.3) is 5.22 Å². The van der Waals surface area contributed by atoms with Crippen LogP contribution in [-0.4, -0.2) is 21.7 Å². The lowest BCUT2D eigenvalue weighted by Crippen LogP contribution is -1.81. The molecule has 0 saturated heterocycles. The molecule has 0 aromatic carbocycles. The van der Waals surface area contributed by atoms with Crippen molar-refractivity contribution in [1.29, 1.82) is 0 Å². The zero-order valence-corrected chi connectivity index (χ0v) is 8.70. The van der Waals surface area contributed by atoms with E-state index in [-0.39, 0.29) is 0 Å². The molecule has 0 aliphatic heterocycles. The molecule has 1 heterocycles. The Kier molecular flexibility index (Phi) is 4.53. The summed E-state index contributed by atoms with van der Waals surface area (Å²) < 4.78 is 5.19. The molecular weight excluding hydrogens is 192 g/mol. The van der Waals surface area contributed by atoms with Gasteiger partial charge in [-0.15, -0.1) is 10.2 Å². The van der Waals surface area contributed by atoms with Gasteiger partial charge in [-0.05, 0) is 18.6 Å². The SMILES string of the molecule is Cc1nnc(SCCCCS)o1. The van der Waals surface area contributed by atoms with Crippen molar-refractivity contribution in [3.63, 3.8) is 0 Å². The first-order chi connectivity index (χ1) is 5.83. The van der Waals surface area contributed by atoms with Gasteiger partial charge >= 0.3 is 0 Å². The highest BCUT2D eigenvalue weighted by molar-refractivity contribution is 7.99. The standard InChI is InChI=1S/C7H12N2OS2/c1-6-8-9-7(10-6)12-5-3-2-4-11/h11H,2-5H2,1H3. The molecule has 0 fully saturated rings. The van der Waals surface area contributed by atoms with Crippen LogP contribution in [0.15, 0.2) is 9.64 Å². The first kappa shape index (κ1) is 9.92. The Morgan fingerprint density at radius 2 is 2.25 bits per heavy atom. The Bertz CT molecular complexity index is 227. The summed E-state index contributed by atoms with van der Waals surface area (Å²) in [4.78, 5) is 0. The first-order valence-electron chi connectivity index (χ1n) is 3.86. The van der Waals surface area contributed by atoms with Crippen molar-refractivity contribution < 1.29 is 4.42 Å². The predicted octanol–water partition coefficient (Wildman–Crippen LogP) is 2.18. The molecule has 1 rings (SSSR count). The van der Waals surface area contributed by atoms with Crippen molar-refractivity contribution >= 4 is 24.4 Å². The predicted molar refractivity (Wildman–Crippen MR) is 52.8 cm³/mol. The number of aryl methyl sites for hydroxylation is 1. The second-order valence-corrected chi connectivity index (χ2v) is 3.86. The molecule has 0 aliphatic carbocycles. The van der Waals surface area contributed by atoms with Crippen molar-refractivity contribution in [3.8, 4) is 0 Å². The molecule has 0 aliphatic rings. The van der Waals surface area contributed by atoms with Crippen molar-refractivity contribution in [3.05, 3.63) is 5.89 Å². The van der Waals surface area contributed by atoms with Crippen LogP contribution >= 0.6 is 24.4 Å². The maximum absolute atomic E-state index is 5.19. The number of thioether (sulfide) groups is 1. The normalized spacial score (nSPS) is 10.5. The molecule has 3 nitrogen and oxygen atoms in total. The molecule has 0 unspecified atom stereocenters. The molecule has 5 heteroatoms. The van der Waals surface area contributed by atoms with Crippen LogP contribution in [0.1, 0.15) is 18.7 Å². The largest absolute Gasteiger partial charge is 0.416 e. The van der Waals surface area contributed by atoms with Crippen molar-refractivity contribution in [2.45, 2.75) is 25.0 Å². The van der Waals surface area contributed by atoms with Crippen LogP contribution in [-0.2, 0) is 0 Å². The number of thiol groups is 1. The van der Waals surface area contributed by atoms with E-state index in [1.807, 2.05) is 0 Å². The second-order valence-electron chi connectivity index (χ2n) is 2.37. The van der Waals surface area contributed by atoms with Gasteiger partial charge in [-0.1, -0.05) is 11.8 Å². The van der Waals surface area contributed by atoms with Crippen molar-refractivity contribution in [2.75, 3.05) is 11.5 Å². The van der Waals surface area contributed by atoms with Gasteiger partial charge in [-0.25, -0.2) is 0 Å². The molecule has 68 valence electrons. The summed E-state index contributed by atoms with van der Waals surface area (Å²) in [5.74, 6) is 2.61. The highest BCUT2D eigenvalue weighted by Gasteiger charge is 2.01. The Morgan fingerprint density at radius 1 is 1.42 bits per heavy atom. The molecule has 0 amide bonds. The maximum atomic E-state index is 5.19. The molecule has 0 atom stereocenters. The van der Waals surface area contributed by atoms with Crippen molar-refractivity contribution in [1.82, 2.24) is 10.2 Å². The van der Waals surface area contributed by atoms with Gasteiger partial charge in [0.1, 0.15) is 0 Å². The van der Waals surface area contributed by atoms with E-state index in [2.05, 4.69) is 22.8 Å². The van der Waals surface area contributed by atoms with Gasteiger partial charge < -0.3 is 4.42 Å². The zero-order chi connectivity index (χ0) is 8.81. The van der Waals surface area contributed by atoms with E-state index in [1.165, 1.54) is 0 Å². The summed E-state index contributed by atoms with van der Waals surface area (Å²) in [5, 5.41) is 8.28. The van der Waals surface area contributed by atoms with Crippen LogP contribution in [0.4, 0.5) is 0 Å². The van der Waals surface area contributed by atoms with Gasteiger partial charge in [-0.2, -0.15) is 12.6 Å². The third kappa shape index (κ3) is 3.49. The fraction of sp³-hybridized carbons (Fsp3) is 0.714. The van der Waals surface area contributed by atoms with Crippen LogP contribution in [0.2, 0.25) is 0 Å². The zero-order valence-electron chi connectivity index (χ0n) is 6.99. The fourth-order valence-corrected chi connectivity index (χ4v) is 1.73. The van der Waals surface area contributed by atoms with E-state index < -0.39 is 0 Å². The number of unbranched alkanes of at least 4 members (excludes halogenated alkanes) is 1. The van der Waals surface area contributed by atoms with E-state index in [0.717, 1.165) is 24.3 Å². The van der Waals surface area contributed by atoms with Gasteiger partial charge in [0.2, 0.25) is 5.89 Å². The summed E-state index contributed by atoms with van der Waals surface area (Å²) in [6, 6.07) is 0. The Balaban J connectivity index is 2.15. The lowest BCUT2D eigenvalue weighted by atomic mass is 10.4. The van der Waals surface area contributed by atoms with E-state index in [9.17, 15) is 0 Å². The van der Waals surface area contributed by atoms with E-state index >= 15 is 0 Å². The third-order valence-electron chi connectivity index (χ3n) is 1.29. The van der Waals surface area contributed by atoms with E-state index in [4.69, 9.17) is 4.42 Å². The van der Waals surface area contributed by atoms with Gasteiger partial charge in [-0.3, -0.25) is 0 Å². The monoisotopic (exact) mass is 204 g/mol. The van der Waals surface area contributed by atoms with E-state index in [0.29, 0.717) is 11.1 Å². The smallest absolute Gasteiger partial charge is 0.276 e. The summed E-state index contributed by atoms with van der Waals surface area (Å²) in [6.07, 6.45) is 2.29. The summed E-state index contributed by atoms with van der Waals surface area (Å²) in [5.41, 5.74) is 0. The van der Waals surface area contributed by atoms with Gasteiger partial charge in [0.15, 0.2) is 0 Å². The Hall–Kier alpha value is -0.160. The fourth-order valence-electron chi connectivity index (χ4n) is 0.710. The topological polar surface area (TPSA) is 38.9 Å². The molecule has 0 bridgehead atoms. The minimum Gasteiger partial charge on any atom is -0.416 e. The van der Waals surface area contributed by atoms with E-state index in [1.54, 1.807) is 18.7 Å². The maximum Gasteiger partial charge on any atom is 0.276 e. The quantitative estimate of drug-likeness (QED) is 0.453. The van der Waals surface area contributed by atoms with Crippen molar-refractivity contribution in [2.24, 2.45) is 0 Å². The van der Waals surface area contributed by atoms with Crippen LogP contribution in [0.3, 0.4) is 0 Å². The lowest BCUT2D eigenvalue weighted by Gasteiger charge is -1.93. The summed E-state index contributed by atoms with van der Waals surface area (Å²) >= 11 is 5.73. The molecule has 0 saturated carbocycles. The van der Waals surface area contributed by atoms with Crippen LogP contribution in [0, 0.1) is 6.92 Å². The van der Waals surface area contributed by atoms with Gasteiger partial charge in [0.05, 0.1) is 0 Å². The summed E-state index contributed by atoms with van der Waals surface area (Å²) in [6.45, 7) is 1.80. The third-order valence-corrected chi connectivity index (χ3v) is 2.51. The molecular formula is C7H12N2OS2. The Morgan fingerprint density at radius 3 is 2.83 bits per heavy atom. The average molecular weight is 204 g/mol. The number of hydrogen-bond acceptors (Lipinski definition) is 5. The minimum absolute atomic E-state index is 0.631.